The average molecular weight is 563 g/mol. The summed E-state index contributed by atoms with van der Waals surface area (Å²) in [4.78, 5) is 48.6. The zero-order valence-corrected chi connectivity index (χ0v) is 23.1. The van der Waals surface area contributed by atoms with Gasteiger partial charge in [-0.3, -0.25) is 0 Å². The van der Waals surface area contributed by atoms with Gasteiger partial charge in [0, 0.05) is 29.6 Å². The third kappa shape index (κ3) is 4.99. The maximum absolute atomic E-state index is 13.0. The van der Waals surface area contributed by atoms with E-state index >= 15 is 0 Å². The molecular weight excluding hydrogens is 524 g/mol. The number of ether oxygens (including phenoxy) is 5. The molecule has 0 aromatic rings. The van der Waals surface area contributed by atoms with E-state index in [0.717, 1.165) is 6.08 Å². The van der Waals surface area contributed by atoms with E-state index in [0.29, 0.717) is 25.9 Å². The third-order valence-electron chi connectivity index (χ3n) is 9.31. The summed E-state index contributed by atoms with van der Waals surface area (Å²) in [5.41, 5.74) is -2.43. The van der Waals surface area contributed by atoms with Gasteiger partial charge in [-0.15, -0.1) is 0 Å². The molecular formula is C29H38O11. The van der Waals surface area contributed by atoms with Crippen LogP contribution in [0.15, 0.2) is 36.5 Å². The lowest BCUT2D eigenvalue weighted by Gasteiger charge is -2.58. The number of rotatable bonds is 12. The van der Waals surface area contributed by atoms with Crippen LogP contribution in [0, 0.1) is 16.7 Å². The first-order valence-corrected chi connectivity index (χ1v) is 13.7. The molecule has 2 bridgehead atoms. The molecule has 40 heavy (non-hydrogen) atoms. The largest absolute Gasteiger partial charge is 0.478 e. The van der Waals surface area contributed by atoms with Gasteiger partial charge in [0.05, 0.1) is 30.8 Å². The molecule has 11 nitrogen and oxygen atoms in total. The highest BCUT2D eigenvalue weighted by Gasteiger charge is 2.83. The highest BCUT2D eigenvalue weighted by Crippen LogP contribution is 2.72. The summed E-state index contributed by atoms with van der Waals surface area (Å²) >= 11 is 0. The summed E-state index contributed by atoms with van der Waals surface area (Å²) in [6.07, 6.45) is 3.96. The molecule has 220 valence electrons. The Morgan fingerprint density at radius 2 is 1.98 bits per heavy atom. The van der Waals surface area contributed by atoms with Crippen molar-refractivity contribution in [3.05, 3.63) is 36.5 Å². The molecule has 2 aliphatic carbocycles. The number of epoxide rings is 1. The number of allylic oxidation sites excluding steroid dienone is 1. The Morgan fingerprint density at radius 3 is 2.60 bits per heavy atom. The Bertz CT molecular complexity index is 1110. The predicted molar refractivity (Wildman–Crippen MR) is 139 cm³/mol. The fraction of sp³-hybridized carbons (Fsp3) is 0.655. The highest BCUT2D eigenvalue weighted by atomic mass is 16.6. The minimum atomic E-state index is -1.43. The molecule has 4 rings (SSSR count). The number of hydrogen-bond donors (Lipinski definition) is 2. The van der Waals surface area contributed by atoms with Crippen LogP contribution in [-0.2, 0) is 42.9 Å². The van der Waals surface area contributed by atoms with Crippen LogP contribution < -0.4 is 0 Å². The van der Waals surface area contributed by atoms with E-state index in [1.165, 1.54) is 6.08 Å². The second kappa shape index (κ2) is 11.5. The van der Waals surface area contributed by atoms with Crippen LogP contribution in [0.2, 0.25) is 0 Å². The summed E-state index contributed by atoms with van der Waals surface area (Å²) in [6.45, 7) is 9.16. The number of fused-ring (bicyclic) bond motifs is 2. The minimum Gasteiger partial charge on any atom is -0.478 e. The molecule has 2 heterocycles. The molecule has 0 aromatic heterocycles. The Hall–Kier alpha value is -3.02. The second-order valence-electron chi connectivity index (χ2n) is 11.3. The molecule has 2 saturated heterocycles. The topological polar surface area (TPSA) is 158 Å². The third-order valence-corrected chi connectivity index (χ3v) is 9.31. The first kappa shape index (κ1) is 30.0. The van der Waals surface area contributed by atoms with Crippen LogP contribution in [0.25, 0.3) is 0 Å². The maximum atomic E-state index is 13.0. The number of carboxylic acid groups (broad SMARTS) is 1. The van der Waals surface area contributed by atoms with Gasteiger partial charge in [0.1, 0.15) is 18.3 Å². The number of aliphatic hydroxyl groups is 1. The van der Waals surface area contributed by atoms with Gasteiger partial charge >= 0.3 is 23.9 Å². The maximum Gasteiger partial charge on any atom is 0.335 e. The molecule has 3 fully saturated rings. The van der Waals surface area contributed by atoms with Crippen molar-refractivity contribution in [2.45, 2.75) is 82.9 Å². The van der Waals surface area contributed by atoms with E-state index < -0.39 is 70.6 Å². The fourth-order valence-electron chi connectivity index (χ4n) is 6.80. The summed E-state index contributed by atoms with van der Waals surface area (Å²) in [5, 5.41) is 20.4. The van der Waals surface area contributed by atoms with Crippen LogP contribution >= 0.6 is 0 Å². The molecule has 0 radical (unpaired) electrons. The molecule has 1 spiro atoms. The van der Waals surface area contributed by atoms with Crippen LogP contribution in [0.3, 0.4) is 0 Å². The van der Waals surface area contributed by atoms with Gasteiger partial charge in [0.25, 0.3) is 0 Å². The van der Waals surface area contributed by atoms with Gasteiger partial charge in [-0.1, -0.05) is 26.5 Å². The van der Waals surface area contributed by atoms with Gasteiger partial charge < -0.3 is 33.9 Å². The van der Waals surface area contributed by atoms with E-state index in [1.807, 2.05) is 6.92 Å². The molecule has 11 heteroatoms. The van der Waals surface area contributed by atoms with Crippen molar-refractivity contribution < 1.29 is 53.1 Å². The van der Waals surface area contributed by atoms with Crippen molar-refractivity contribution in [2.75, 3.05) is 19.8 Å². The number of carbonyl (C=O) groups is 4. The smallest absolute Gasteiger partial charge is 0.335 e. The zero-order valence-electron chi connectivity index (χ0n) is 23.1. The normalized spacial score (nSPS) is 35.3. The van der Waals surface area contributed by atoms with Crippen LogP contribution in [0.5, 0.6) is 0 Å². The van der Waals surface area contributed by atoms with Crippen molar-refractivity contribution in [3.63, 3.8) is 0 Å². The number of aliphatic carboxylic acids is 1. The van der Waals surface area contributed by atoms with E-state index in [-0.39, 0.29) is 31.6 Å². The monoisotopic (exact) mass is 562 g/mol. The number of esters is 3. The lowest BCUT2D eigenvalue weighted by atomic mass is 9.51. The molecule has 1 saturated carbocycles. The number of aliphatic hydroxyl groups excluding tert-OH is 1. The van der Waals surface area contributed by atoms with Gasteiger partial charge in [-0.2, -0.15) is 0 Å². The lowest BCUT2D eigenvalue weighted by molar-refractivity contribution is -0.234. The Balaban J connectivity index is 1.52. The van der Waals surface area contributed by atoms with Gasteiger partial charge in [-0.05, 0) is 44.6 Å². The van der Waals surface area contributed by atoms with Crippen molar-refractivity contribution >= 4 is 23.9 Å². The molecule has 0 amide bonds. The van der Waals surface area contributed by atoms with E-state index in [2.05, 4.69) is 6.58 Å². The molecule has 8 unspecified atom stereocenters. The molecule has 2 aliphatic heterocycles. The Morgan fingerprint density at radius 1 is 1.25 bits per heavy atom. The fourth-order valence-corrected chi connectivity index (χ4v) is 6.80. The first-order chi connectivity index (χ1) is 19.0. The van der Waals surface area contributed by atoms with Crippen LogP contribution in [0.1, 0.15) is 52.9 Å². The van der Waals surface area contributed by atoms with Gasteiger partial charge in [-0.25, -0.2) is 19.2 Å². The number of carboxylic acids is 1. The van der Waals surface area contributed by atoms with E-state index in [1.54, 1.807) is 26.0 Å². The Labute approximate surface area is 233 Å². The SMILES string of the molecule is C=CC(=O)OC1CC2OC3C=C(C(=O)O)CCC3(COC(=O)C(O)C(C)CCCOC(=O)/C=C\C)C1(C)C21CO1. The van der Waals surface area contributed by atoms with E-state index in [4.69, 9.17) is 23.7 Å². The number of hydrogen-bond acceptors (Lipinski definition) is 10. The van der Waals surface area contributed by atoms with Crippen LogP contribution in [-0.4, -0.2) is 83.9 Å². The summed E-state index contributed by atoms with van der Waals surface area (Å²) < 4.78 is 29.0. The van der Waals surface area contributed by atoms with Crippen molar-refractivity contribution in [1.82, 2.24) is 0 Å². The van der Waals surface area contributed by atoms with Crippen molar-refractivity contribution in [2.24, 2.45) is 16.7 Å². The second-order valence-corrected chi connectivity index (χ2v) is 11.3. The lowest BCUT2D eigenvalue weighted by Crippen LogP contribution is -2.67. The highest BCUT2D eigenvalue weighted by molar-refractivity contribution is 5.87. The van der Waals surface area contributed by atoms with Gasteiger partial charge in [0.2, 0.25) is 0 Å². The average Bonchev–Trinajstić information content (AvgIpc) is 3.71. The van der Waals surface area contributed by atoms with Crippen LogP contribution in [0.4, 0.5) is 0 Å². The summed E-state index contributed by atoms with van der Waals surface area (Å²) in [6, 6.07) is 0. The van der Waals surface area contributed by atoms with E-state index in [9.17, 15) is 29.4 Å². The quantitative estimate of drug-likeness (QED) is 0.118. The molecule has 4 aliphatic rings. The summed E-state index contributed by atoms with van der Waals surface area (Å²) in [5.74, 6) is -3.40. The minimum absolute atomic E-state index is 0.155. The summed E-state index contributed by atoms with van der Waals surface area (Å²) in [7, 11) is 0. The molecule has 0 aromatic carbocycles. The molecule has 2 N–H and O–H groups in total. The first-order valence-electron chi connectivity index (χ1n) is 13.7. The van der Waals surface area contributed by atoms with Crippen molar-refractivity contribution in [3.8, 4) is 0 Å². The number of carbonyl (C=O) groups excluding carboxylic acids is 3. The van der Waals surface area contributed by atoms with Gasteiger partial charge in [0.15, 0.2) is 6.10 Å². The Kier molecular flexibility index (Phi) is 8.58. The van der Waals surface area contributed by atoms with Crippen molar-refractivity contribution in [1.29, 1.82) is 0 Å². The standard InChI is InChI=1S/C29H38O11/c1-5-8-23(31)36-12-7-9-17(3)24(32)26(35)37-15-28-11-10-18(25(33)34)13-20(28)39-21-14-19(40-22(30)6-2)27(28,4)29(21)16-38-29/h5-6,8,13,17,19-21,24,32H,2,7,9-12,14-16H2,1,3-4H3,(H,33,34)/b8-5-. The zero-order chi connectivity index (χ0) is 29.3. The molecule has 8 atom stereocenters. The predicted octanol–water partition coefficient (Wildman–Crippen LogP) is 2.26.